The number of aromatic nitrogens is 2. The number of nitrogens with one attached hydrogen (secondary N) is 1. The first-order chi connectivity index (χ1) is 11.3. The first-order valence-electron chi connectivity index (χ1n) is 7.92. The van der Waals surface area contributed by atoms with E-state index in [9.17, 15) is 13.2 Å². The third-order valence-electron chi connectivity index (χ3n) is 3.82. The number of sulfone groups is 1. The molecule has 2 aromatic rings. The summed E-state index contributed by atoms with van der Waals surface area (Å²) in [7, 11) is -2.02. The van der Waals surface area contributed by atoms with E-state index in [2.05, 4.69) is 24.1 Å². The summed E-state index contributed by atoms with van der Waals surface area (Å²) in [5, 5.41) is 2.49. The third-order valence-corrected chi connectivity index (χ3v) is 5.50. The summed E-state index contributed by atoms with van der Waals surface area (Å²) in [5.74, 6) is 0.134. The smallest absolute Gasteiger partial charge is 0.232 e. The van der Waals surface area contributed by atoms with Crippen LogP contribution in [0.5, 0.6) is 0 Å². The van der Waals surface area contributed by atoms with Crippen LogP contribution in [0, 0.1) is 0 Å². The Labute approximate surface area is 142 Å². The Bertz CT molecular complexity index is 793. The minimum absolute atomic E-state index is 0.0108. The highest BCUT2D eigenvalue weighted by Gasteiger charge is 2.21. The van der Waals surface area contributed by atoms with Gasteiger partial charge in [0.15, 0.2) is 0 Å². The Kier molecular flexibility index (Phi) is 5.77. The molecule has 1 aromatic heterocycles. The minimum atomic E-state index is -3.55. The van der Waals surface area contributed by atoms with E-state index in [1.165, 1.54) is 18.8 Å². The normalized spacial score (nSPS) is 11.7. The van der Waals surface area contributed by atoms with Crippen LogP contribution in [0.1, 0.15) is 38.2 Å². The molecule has 6 nitrogen and oxygen atoms in total. The van der Waals surface area contributed by atoms with Crippen molar-refractivity contribution in [1.82, 2.24) is 14.9 Å². The average molecular weight is 349 g/mol. The largest absolute Gasteiger partial charge is 0.359 e. The molecule has 0 fully saturated rings. The first kappa shape index (κ1) is 18.2. The van der Waals surface area contributed by atoms with Gasteiger partial charge in [0.2, 0.25) is 20.9 Å². The molecule has 1 amide bonds. The molecule has 2 rings (SSSR count). The lowest BCUT2D eigenvalue weighted by Crippen LogP contribution is -2.19. The molecule has 0 aliphatic rings. The lowest BCUT2D eigenvalue weighted by Gasteiger charge is -2.10. The van der Waals surface area contributed by atoms with Gasteiger partial charge in [-0.3, -0.25) is 9.36 Å². The highest BCUT2D eigenvalue weighted by atomic mass is 32.2. The molecule has 130 valence electrons. The predicted octanol–water partition coefficient (Wildman–Crippen LogP) is 2.30. The number of rotatable bonds is 7. The van der Waals surface area contributed by atoms with Crippen molar-refractivity contribution in [1.29, 1.82) is 0 Å². The molecule has 0 unspecified atom stereocenters. The topological polar surface area (TPSA) is 81.1 Å². The van der Waals surface area contributed by atoms with Crippen molar-refractivity contribution >= 4 is 15.7 Å². The average Bonchev–Trinajstić information content (AvgIpc) is 3.05. The Morgan fingerprint density at radius 3 is 2.50 bits per heavy atom. The monoisotopic (exact) mass is 349 g/mol. The van der Waals surface area contributed by atoms with Crippen molar-refractivity contribution in [3.63, 3.8) is 0 Å². The zero-order chi connectivity index (χ0) is 17.7. The van der Waals surface area contributed by atoms with E-state index < -0.39 is 9.84 Å². The zero-order valence-corrected chi connectivity index (χ0v) is 15.0. The van der Waals surface area contributed by atoms with E-state index in [0.29, 0.717) is 5.92 Å². The number of carbonyl (C=O) groups excluding carboxylic acids is 1. The Hall–Kier alpha value is -2.15. The molecule has 0 saturated heterocycles. The van der Waals surface area contributed by atoms with E-state index in [1.54, 1.807) is 10.8 Å². The van der Waals surface area contributed by atoms with Crippen molar-refractivity contribution in [2.75, 3.05) is 12.8 Å². The highest BCUT2D eigenvalue weighted by Crippen LogP contribution is 2.20. The van der Waals surface area contributed by atoms with Crippen LogP contribution in [-0.2, 0) is 14.6 Å². The molecule has 1 aromatic carbocycles. The maximum atomic E-state index is 12.5. The van der Waals surface area contributed by atoms with Crippen LogP contribution >= 0.6 is 0 Å². The van der Waals surface area contributed by atoms with Crippen molar-refractivity contribution in [2.24, 2.45) is 0 Å². The summed E-state index contributed by atoms with van der Waals surface area (Å²) in [5.41, 5.74) is 1.94. The van der Waals surface area contributed by atoms with Crippen LogP contribution in [0.15, 0.2) is 41.8 Å². The lowest BCUT2D eigenvalue weighted by molar-refractivity contribution is -0.120. The number of imidazole rings is 1. The van der Waals surface area contributed by atoms with Crippen LogP contribution in [0.2, 0.25) is 0 Å². The molecule has 7 heteroatoms. The fourth-order valence-electron chi connectivity index (χ4n) is 2.38. The van der Waals surface area contributed by atoms with Gasteiger partial charge in [0.1, 0.15) is 0 Å². The number of carbonyl (C=O) groups is 1. The molecule has 0 aliphatic carbocycles. The van der Waals surface area contributed by atoms with E-state index in [1.807, 2.05) is 24.3 Å². The second-order valence-electron chi connectivity index (χ2n) is 5.92. The minimum Gasteiger partial charge on any atom is -0.359 e. The third kappa shape index (κ3) is 4.23. The summed E-state index contributed by atoms with van der Waals surface area (Å²) in [4.78, 5) is 15.2. The van der Waals surface area contributed by atoms with Gasteiger partial charge in [0.05, 0.1) is 5.75 Å². The fourth-order valence-corrected chi connectivity index (χ4v) is 3.77. The standard InChI is InChI=1S/C17H23N3O3S/c1-13(2)14-6-8-15(9-7-14)20-11-10-19-17(20)24(22,23)12-4-5-16(21)18-3/h6-11,13H,4-5,12H2,1-3H3,(H,18,21). The van der Waals surface area contributed by atoms with Gasteiger partial charge >= 0.3 is 0 Å². The van der Waals surface area contributed by atoms with Crippen LogP contribution < -0.4 is 5.32 Å². The van der Waals surface area contributed by atoms with Gasteiger partial charge in [-0.2, -0.15) is 0 Å². The van der Waals surface area contributed by atoms with Crippen molar-refractivity contribution in [3.8, 4) is 5.69 Å². The number of nitrogens with zero attached hydrogens (tertiary/aromatic N) is 2. The van der Waals surface area contributed by atoms with Gasteiger partial charge in [-0.05, 0) is 30.0 Å². The first-order valence-corrected chi connectivity index (χ1v) is 9.57. The molecule has 0 atom stereocenters. The Morgan fingerprint density at radius 1 is 1.25 bits per heavy atom. The van der Waals surface area contributed by atoms with Crippen LogP contribution in [0.3, 0.4) is 0 Å². The van der Waals surface area contributed by atoms with Crippen LogP contribution in [0.4, 0.5) is 0 Å². The molecule has 0 saturated carbocycles. The fraction of sp³-hybridized carbons (Fsp3) is 0.412. The van der Waals surface area contributed by atoms with Crippen LogP contribution in [-0.4, -0.2) is 36.7 Å². The van der Waals surface area contributed by atoms with Crippen molar-refractivity contribution in [3.05, 3.63) is 42.2 Å². The number of hydrogen-bond acceptors (Lipinski definition) is 4. The molecule has 0 aliphatic heterocycles. The maximum Gasteiger partial charge on any atom is 0.232 e. The van der Waals surface area contributed by atoms with E-state index in [4.69, 9.17) is 0 Å². The number of benzene rings is 1. The Morgan fingerprint density at radius 2 is 1.92 bits per heavy atom. The molecule has 0 bridgehead atoms. The van der Waals surface area contributed by atoms with Crippen molar-refractivity contribution in [2.45, 2.75) is 37.8 Å². The molecule has 24 heavy (non-hydrogen) atoms. The highest BCUT2D eigenvalue weighted by molar-refractivity contribution is 7.91. The predicted molar refractivity (Wildman–Crippen MR) is 93.0 cm³/mol. The molecule has 0 radical (unpaired) electrons. The summed E-state index contributed by atoms with van der Waals surface area (Å²) in [6.07, 6.45) is 3.55. The van der Waals surface area contributed by atoms with Gasteiger partial charge in [0.25, 0.3) is 0 Å². The summed E-state index contributed by atoms with van der Waals surface area (Å²) in [6, 6.07) is 7.76. The maximum absolute atomic E-state index is 12.5. The van der Waals surface area contributed by atoms with E-state index in [0.717, 1.165) is 5.69 Å². The van der Waals surface area contributed by atoms with Gasteiger partial charge in [-0.15, -0.1) is 0 Å². The van der Waals surface area contributed by atoms with E-state index in [-0.39, 0.29) is 29.7 Å². The van der Waals surface area contributed by atoms with Crippen molar-refractivity contribution < 1.29 is 13.2 Å². The van der Waals surface area contributed by atoms with Gasteiger partial charge in [0, 0.05) is 31.5 Å². The van der Waals surface area contributed by atoms with Crippen LogP contribution in [0.25, 0.3) is 5.69 Å². The molecule has 1 N–H and O–H groups in total. The zero-order valence-electron chi connectivity index (χ0n) is 14.2. The summed E-state index contributed by atoms with van der Waals surface area (Å²) >= 11 is 0. The molecule has 0 spiro atoms. The van der Waals surface area contributed by atoms with Gasteiger partial charge in [-0.25, -0.2) is 13.4 Å². The lowest BCUT2D eigenvalue weighted by atomic mass is 10.0. The number of hydrogen-bond donors (Lipinski definition) is 1. The Balaban J connectivity index is 2.21. The second-order valence-corrected chi connectivity index (χ2v) is 7.92. The SMILES string of the molecule is CNC(=O)CCCS(=O)(=O)c1nccn1-c1ccc(C(C)C)cc1. The summed E-state index contributed by atoms with van der Waals surface area (Å²) in [6.45, 7) is 4.21. The molecular weight excluding hydrogens is 326 g/mol. The second kappa shape index (κ2) is 7.61. The number of amides is 1. The summed E-state index contributed by atoms with van der Waals surface area (Å²) < 4.78 is 26.6. The van der Waals surface area contributed by atoms with E-state index >= 15 is 0 Å². The quantitative estimate of drug-likeness (QED) is 0.831. The van der Waals surface area contributed by atoms with Gasteiger partial charge in [-0.1, -0.05) is 26.0 Å². The molecule has 1 heterocycles. The molecular formula is C17H23N3O3S. The van der Waals surface area contributed by atoms with Gasteiger partial charge < -0.3 is 5.32 Å².